The van der Waals surface area contributed by atoms with Crippen LogP contribution in [0.15, 0.2) is 12.1 Å². The Hall–Kier alpha value is -2.75. The Bertz CT molecular complexity index is 1000. The van der Waals surface area contributed by atoms with E-state index in [4.69, 9.17) is 14.2 Å². The first-order valence-electron chi connectivity index (χ1n) is 9.57. The summed E-state index contributed by atoms with van der Waals surface area (Å²) in [5.41, 5.74) is 0.128. The number of hydrogen-bond acceptors (Lipinski definition) is 7. The quantitative estimate of drug-likeness (QED) is 0.765. The largest absolute Gasteiger partial charge is 0.454 e. The number of ether oxygens (including phenoxy) is 3. The van der Waals surface area contributed by atoms with Gasteiger partial charge in [0.25, 0.3) is 0 Å². The van der Waals surface area contributed by atoms with Crippen molar-refractivity contribution in [3.05, 3.63) is 12.1 Å². The lowest BCUT2D eigenvalue weighted by molar-refractivity contribution is 0.0192. The van der Waals surface area contributed by atoms with Crippen LogP contribution in [0.5, 0.6) is 11.5 Å². The van der Waals surface area contributed by atoms with E-state index in [9.17, 15) is 9.59 Å². The highest BCUT2D eigenvalue weighted by molar-refractivity contribution is 7.22. The third kappa shape index (κ3) is 3.11. The SMILES string of the molecule is CC(C)(C)OC(=O)N1CCC2NC(=O)N(c3nc4c5c(ccc4s3)OCO5)C2C1. The van der Waals surface area contributed by atoms with Crippen molar-refractivity contribution >= 4 is 38.8 Å². The third-order valence-corrected chi connectivity index (χ3v) is 6.20. The van der Waals surface area contributed by atoms with Gasteiger partial charge in [0, 0.05) is 13.1 Å². The van der Waals surface area contributed by atoms with Crippen molar-refractivity contribution in [2.45, 2.75) is 44.9 Å². The highest BCUT2D eigenvalue weighted by Gasteiger charge is 2.46. The lowest BCUT2D eigenvalue weighted by Crippen LogP contribution is -2.54. The molecule has 2 unspecified atom stereocenters. The molecule has 5 rings (SSSR count). The number of anilines is 1. The zero-order chi connectivity index (χ0) is 20.3. The minimum absolute atomic E-state index is 0.0292. The van der Waals surface area contributed by atoms with Crippen molar-refractivity contribution in [1.82, 2.24) is 15.2 Å². The molecule has 0 bridgehead atoms. The molecule has 10 heteroatoms. The van der Waals surface area contributed by atoms with Crippen molar-refractivity contribution in [1.29, 1.82) is 0 Å². The molecule has 3 amide bonds. The molecule has 0 saturated carbocycles. The predicted octanol–water partition coefficient (Wildman–Crippen LogP) is 2.93. The fourth-order valence-electron chi connectivity index (χ4n) is 3.91. The number of carbonyl (C=O) groups excluding carboxylic acids is 2. The molecule has 1 N–H and O–H groups in total. The molecule has 4 heterocycles. The van der Waals surface area contributed by atoms with Gasteiger partial charge in [-0.3, -0.25) is 4.90 Å². The van der Waals surface area contributed by atoms with Gasteiger partial charge in [-0.05, 0) is 39.3 Å². The predicted molar refractivity (Wildman–Crippen MR) is 107 cm³/mol. The Kier molecular flexibility index (Phi) is 4.02. The summed E-state index contributed by atoms with van der Waals surface area (Å²) < 4.78 is 17.4. The Morgan fingerprint density at radius 1 is 1.34 bits per heavy atom. The van der Waals surface area contributed by atoms with Crippen molar-refractivity contribution in [2.75, 3.05) is 24.8 Å². The summed E-state index contributed by atoms with van der Waals surface area (Å²) in [5, 5.41) is 3.61. The number of hydrogen-bond donors (Lipinski definition) is 1. The van der Waals surface area contributed by atoms with Gasteiger partial charge in [-0.2, -0.15) is 0 Å². The number of benzene rings is 1. The number of amides is 3. The second kappa shape index (κ2) is 6.38. The van der Waals surface area contributed by atoms with E-state index >= 15 is 0 Å². The van der Waals surface area contributed by atoms with E-state index in [1.165, 1.54) is 11.3 Å². The maximum absolute atomic E-state index is 12.7. The summed E-state index contributed by atoms with van der Waals surface area (Å²) >= 11 is 1.42. The summed E-state index contributed by atoms with van der Waals surface area (Å²) in [7, 11) is 0. The molecule has 0 aliphatic carbocycles. The van der Waals surface area contributed by atoms with Crippen LogP contribution in [-0.4, -0.2) is 59.6 Å². The van der Waals surface area contributed by atoms with Gasteiger partial charge in [-0.15, -0.1) is 0 Å². The number of nitrogens with one attached hydrogen (secondary N) is 1. The standard InChI is InChI=1S/C19H22N4O5S/c1-19(2,3)28-18(25)22-7-6-10-11(8-22)23(16(24)20-10)17-21-14-13(29-17)5-4-12-15(14)27-9-26-12/h4-5,10-11H,6-9H2,1-3H3,(H,20,24). The molecule has 1 aromatic carbocycles. The van der Waals surface area contributed by atoms with Crippen molar-refractivity contribution < 1.29 is 23.8 Å². The molecule has 0 spiro atoms. The minimum Gasteiger partial charge on any atom is -0.454 e. The first kappa shape index (κ1) is 18.3. The second-order valence-electron chi connectivity index (χ2n) is 8.35. The molecule has 3 aliphatic heterocycles. The molecule has 154 valence electrons. The smallest absolute Gasteiger partial charge is 0.410 e. The number of thiazole rings is 1. The van der Waals surface area contributed by atoms with Crippen LogP contribution in [0.2, 0.25) is 0 Å². The van der Waals surface area contributed by atoms with Crippen LogP contribution in [0.3, 0.4) is 0 Å². The number of nitrogens with zero attached hydrogens (tertiary/aromatic N) is 3. The van der Waals surface area contributed by atoms with Crippen molar-refractivity contribution in [3.63, 3.8) is 0 Å². The van der Waals surface area contributed by atoms with E-state index in [0.717, 1.165) is 4.70 Å². The van der Waals surface area contributed by atoms with Crippen molar-refractivity contribution in [2.24, 2.45) is 0 Å². The maximum atomic E-state index is 12.7. The molecule has 2 saturated heterocycles. The fourth-order valence-corrected chi connectivity index (χ4v) is 4.93. The first-order chi connectivity index (χ1) is 13.8. The van der Waals surface area contributed by atoms with Gasteiger partial charge in [-0.1, -0.05) is 11.3 Å². The third-order valence-electron chi connectivity index (χ3n) is 5.18. The molecular weight excluding hydrogens is 396 g/mol. The lowest BCUT2D eigenvalue weighted by atomic mass is 10.0. The van der Waals surface area contributed by atoms with E-state index in [2.05, 4.69) is 10.3 Å². The van der Waals surface area contributed by atoms with E-state index in [-0.39, 0.29) is 31.0 Å². The Labute approximate surface area is 171 Å². The highest BCUT2D eigenvalue weighted by atomic mass is 32.1. The lowest BCUT2D eigenvalue weighted by Gasteiger charge is -2.37. The molecule has 0 radical (unpaired) electrons. The van der Waals surface area contributed by atoms with Gasteiger partial charge >= 0.3 is 12.1 Å². The molecular formula is C19H22N4O5S. The monoisotopic (exact) mass is 418 g/mol. The van der Waals surface area contributed by atoms with E-state index in [1.807, 2.05) is 32.9 Å². The molecule has 3 aliphatic rings. The molecule has 9 nitrogen and oxygen atoms in total. The van der Waals surface area contributed by atoms with Gasteiger partial charge in [0.15, 0.2) is 16.6 Å². The maximum Gasteiger partial charge on any atom is 0.410 e. The summed E-state index contributed by atoms with van der Waals surface area (Å²) in [4.78, 5) is 33.3. The fraction of sp³-hybridized carbons (Fsp3) is 0.526. The summed E-state index contributed by atoms with van der Waals surface area (Å²) in [5.74, 6) is 1.27. The van der Waals surface area contributed by atoms with Gasteiger partial charge in [-0.25, -0.2) is 14.6 Å². The zero-order valence-corrected chi connectivity index (χ0v) is 17.2. The summed E-state index contributed by atoms with van der Waals surface area (Å²) in [6, 6.07) is 3.35. The number of piperidine rings is 1. The van der Waals surface area contributed by atoms with Crippen LogP contribution >= 0.6 is 11.3 Å². The Balaban J connectivity index is 1.43. The normalized spacial score (nSPS) is 23.3. The molecule has 2 aromatic rings. The van der Waals surface area contributed by atoms with Crippen LogP contribution in [0.1, 0.15) is 27.2 Å². The minimum atomic E-state index is -0.563. The number of rotatable bonds is 1. The summed E-state index contributed by atoms with van der Waals surface area (Å²) in [6.45, 7) is 6.64. The number of fused-ring (bicyclic) bond motifs is 4. The topological polar surface area (TPSA) is 93.2 Å². The van der Waals surface area contributed by atoms with Crippen LogP contribution < -0.4 is 19.7 Å². The Morgan fingerprint density at radius 3 is 2.97 bits per heavy atom. The number of likely N-dealkylation sites (tertiary alicyclic amines) is 1. The highest BCUT2D eigenvalue weighted by Crippen LogP contribution is 2.43. The van der Waals surface area contributed by atoms with Crippen LogP contribution in [-0.2, 0) is 4.74 Å². The van der Waals surface area contributed by atoms with E-state index < -0.39 is 5.60 Å². The van der Waals surface area contributed by atoms with Crippen molar-refractivity contribution in [3.8, 4) is 11.5 Å². The van der Waals surface area contributed by atoms with Crippen LogP contribution in [0, 0.1) is 0 Å². The van der Waals surface area contributed by atoms with Crippen LogP contribution in [0.4, 0.5) is 14.7 Å². The Morgan fingerprint density at radius 2 is 2.17 bits per heavy atom. The average Bonchev–Trinajstić information content (AvgIpc) is 3.34. The summed E-state index contributed by atoms with van der Waals surface area (Å²) in [6.07, 6.45) is 0.312. The molecule has 29 heavy (non-hydrogen) atoms. The molecule has 2 fully saturated rings. The van der Waals surface area contributed by atoms with Crippen LogP contribution in [0.25, 0.3) is 10.2 Å². The van der Waals surface area contributed by atoms with Gasteiger partial charge in [0.05, 0.1) is 16.8 Å². The number of urea groups is 1. The first-order valence-corrected chi connectivity index (χ1v) is 10.4. The number of aromatic nitrogens is 1. The average molecular weight is 418 g/mol. The molecule has 2 atom stereocenters. The zero-order valence-electron chi connectivity index (χ0n) is 16.4. The van der Waals surface area contributed by atoms with Gasteiger partial charge in [0.1, 0.15) is 11.1 Å². The van der Waals surface area contributed by atoms with Gasteiger partial charge in [0.2, 0.25) is 6.79 Å². The number of carbonyl (C=O) groups is 2. The second-order valence-corrected chi connectivity index (χ2v) is 9.36. The van der Waals surface area contributed by atoms with E-state index in [0.29, 0.717) is 41.7 Å². The van der Waals surface area contributed by atoms with Gasteiger partial charge < -0.3 is 24.4 Å². The van der Waals surface area contributed by atoms with E-state index in [1.54, 1.807) is 9.80 Å². The molecule has 1 aromatic heterocycles.